The molecule has 1 atom stereocenters. The molecule has 0 saturated carbocycles. The predicted molar refractivity (Wildman–Crippen MR) is 65.8 cm³/mol. The molecular formula is C10H18N4O2S. The molecule has 0 fully saturated rings. The number of thioether (sulfide) groups is 1. The smallest absolute Gasteiger partial charge is 0.323 e. The Morgan fingerprint density at radius 1 is 1.65 bits per heavy atom. The molecule has 1 heterocycles. The van der Waals surface area contributed by atoms with Gasteiger partial charge in [0.1, 0.15) is 12.4 Å². The summed E-state index contributed by atoms with van der Waals surface area (Å²) in [6.07, 6.45) is 1.63. The Labute approximate surface area is 105 Å². The first-order valence-electron chi connectivity index (χ1n) is 5.35. The zero-order chi connectivity index (χ0) is 12.8. The Hall–Kier alpha value is -1.08. The number of ether oxygens (including phenoxy) is 1. The Morgan fingerprint density at radius 2 is 2.35 bits per heavy atom. The van der Waals surface area contributed by atoms with Crippen LogP contribution in [0.15, 0.2) is 11.5 Å². The number of carbonyl (C=O) groups is 1. The number of methoxy groups -OCH3 is 1. The summed E-state index contributed by atoms with van der Waals surface area (Å²) in [5.41, 5.74) is 0. The van der Waals surface area contributed by atoms with Gasteiger partial charge in [-0.05, 0) is 0 Å². The summed E-state index contributed by atoms with van der Waals surface area (Å²) in [6, 6.07) is -0.110. The number of nitrogens with one attached hydrogen (secondary N) is 1. The molecule has 0 aromatic carbocycles. The van der Waals surface area contributed by atoms with Gasteiger partial charge in [0.2, 0.25) is 0 Å². The van der Waals surface area contributed by atoms with Gasteiger partial charge in [0.25, 0.3) is 0 Å². The lowest BCUT2D eigenvalue weighted by atomic mass is 10.3. The van der Waals surface area contributed by atoms with Crippen LogP contribution in [-0.2, 0) is 16.6 Å². The van der Waals surface area contributed by atoms with E-state index in [9.17, 15) is 4.79 Å². The number of rotatable bonds is 6. The van der Waals surface area contributed by atoms with Gasteiger partial charge in [-0.2, -0.15) is 0 Å². The van der Waals surface area contributed by atoms with Crippen molar-refractivity contribution in [2.45, 2.75) is 31.1 Å². The van der Waals surface area contributed by atoms with Gasteiger partial charge in [0, 0.05) is 18.8 Å². The standard InChI is InChI=1S/C10H18N4O2S/c1-7(2)12-8(9(15)16-4)5-17-10-13-11-6-14(10)3/h6-8,12H,5H2,1-4H3. The molecule has 1 aromatic heterocycles. The van der Waals surface area contributed by atoms with Gasteiger partial charge in [0.05, 0.1) is 7.11 Å². The van der Waals surface area contributed by atoms with Crippen LogP contribution >= 0.6 is 11.8 Å². The molecule has 1 aromatic rings. The lowest BCUT2D eigenvalue weighted by Gasteiger charge is -2.18. The summed E-state index contributed by atoms with van der Waals surface area (Å²) in [5.74, 6) is 0.311. The second kappa shape index (κ2) is 6.61. The Bertz CT molecular complexity index is 367. The van der Waals surface area contributed by atoms with Gasteiger partial charge in [-0.3, -0.25) is 4.79 Å². The van der Waals surface area contributed by atoms with E-state index >= 15 is 0 Å². The molecule has 6 nitrogen and oxygen atoms in total. The zero-order valence-corrected chi connectivity index (χ0v) is 11.3. The molecule has 0 aliphatic rings. The van der Waals surface area contributed by atoms with Crippen molar-refractivity contribution >= 4 is 17.7 Å². The van der Waals surface area contributed by atoms with Crippen LogP contribution in [0.4, 0.5) is 0 Å². The molecule has 0 aliphatic carbocycles. The molecule has 0 radical (unpaired) electrons. The maximum absolute atomic E-state index is 11.6. The van der Waals surface area contributed by atoms with E-state index in [0.29, 0.717) is 5.75 Å². The number of aromatic nitrogens is 3. The van der Waals surface area contributed by atoms with E-state index in [1.54, 1.807) is 6.33 Å². The van der Waals surface area contributed by atoms with Gasteiger partial charge in [-0.25, -0.2) is 0 Å². The van der Waals surface area contributed by atoms with E-state index in [1.807, 2.05) is 25.5 Å². The average Bonchev–Trinajstić information content (AvgIpc) is 2.68. The minimum Gasteiger partial charge on any atom is -0.468 e. The fourth-order valence-electron chi connectivity index (χ4n) is 1.29. The van der Waals surface area contributed by atoms with Crippen LogP contribution < -0.4 is 5.32 Å². The van der Waals surface area contributed by atoms with Gasteiger partial charge >= 0.3 is 5.97 Å². The fourth-order valence-corrected chi connectivity index (χ4v) is 2.19. The molecule has 17 heavy (non-hydrogen) atoms. The average molecular weight is 258 g/mol. The molecule has 96 valence electrons. The van der Waals surface area contributed by atoms with Gasteiger partial charge in [-0.1, -0.05) is 25.6 Å². The summed E-state index contributed by atoms with van der Waals surface area (Å²) in [6.45, 7) is 3.98. The van der Waals surface area contributed by atoms with Crippen LogP contribution in [-0.4, -0.2) is 45.7 Å². The zero-order valence-electron chi connectivity index (χ0n) is 10.5. The minimum absolute atomic E-state index is 0.221. The summed E-state index contributed by atoms with van der Waals surface area (Å²) in [5, 5.41) is 11.7. The molecule has 0 aliphatic heterocycles. The van der Waals surface area contributed by atoms with E-state index in [1.165, 1.54) is 18.9 Å². The van der Waals surface area contributed by atoms with Crippen LogP contribution in [0.25, 0.3) is 0 Å². The highest BCUT2D eigenvalue weighted by molar-refractivity contribution is 7.99. The SMILES string of the molecule is COC(=O)C(CSc1nncn1C)NC(C)C. The summed E-state index contributed by atoms with van der Waals surface area (Å²) in [4.78, 5) is 11.6. The highest BCUT2D eigenvalue weighted by Crippen LogP contribution is 2.15. The molecule has 0 bridgehead atoms. The highest BCUT2D eigenvalue weighted by Gasteiger charge is 2.20. The molecule has 1 rings (SSSR count). The monoisotopic (exact) mass is 258 g/mol. The molecule has 1 N–H and O–H groups in total. The number of hydrogen-bond donors (Lipinski definition) is 1. The van der Waals surface area contributed by atoms with E-state index in [2.05, 4.69) is 15.5 Å². The van der Waals surface area contributed by atoms with Crippen molar-refractivity contribution in [1.29, 1.82) is 0 Å². The maximum Gasteiger partial charge on any atom is 0.323 e. The number of aryl methyl sites for hydroxylation is 1. The van der Waals surface area contributed by atoms with Crippen molar-refractivity contribution in [3.63, 3.8) is 0 Å². The normalized spacial score (nSPS) is 12.8. The predicted octanol–water partition coefficient (Wildman–Crippen LogP) is 0.447. The topological polar surface area (TPSA) is 69.0 Å². The molecule has 1 unspecified atom stereocenters. The van der Waals surface area contributed by atoms with E-state index in [0.717, 1.165) is 5.16 Å². The third kappa shape index (κ3) is 4.35. The van der Waals surface area contributed by atoms with Gasteiger partial charge in [0.15, 0.2) is 5.16 Å². The van der Waals surface area contributed by atoms with E-state index in [4.69, 9.17) is 4.74 Å². The lowest BCUT2D eigenvalue weighted by molar-refractivity contribution is -0.142. The van der Waals surface area contributed by atoms with Crippen LogP contribution in [0, 0.1) is 0 Å². The van der Waals surface area contributed by atoms with Crippen LogP contribution in [0.2, 0.25) is 0 Å². The maximum atomic E-state index is 11.6. The molecular weight excluding hydrogens is 240 g/mol. The first-order chi connectivity index (χ1) is 8.04. The lowest BCUT2D eigenvalue weighted by Crippen LogP contribution is -2.43. The van der Waals surface area contributed by atoms with Crippen molar-refractivity contribution in [2.75, 3.05) is 12.9 Å². The summed E-state index contributed by atoms with van der Waals surface area (Å²) >= 11 is 1.47. The van der Waals surface area contributed by atoms with Crippen molar-refractivity contribution in [3.05, 3.63) is 6.33 Å². The first kappa shape index (κ1) is 14.0. The largest absolute Gasteiger partial charge is 0.468 e. The Balaban J connectivity index is 2.55. The number of hydrogen-bond acceptors (Lipinski definition) is 6. The highest BCUT2D eigenvalue weighted by atomic mass is 32.2. The van der Waals surface area contributed by atoms with Crippen LogP contribution in [0.5, 0.6) is 0 Å². The van der Waals surface area contributed by atoms with Crippen molar-refractivity contribution in [1.82, 2.24) is 20.1 Å². The Kier molecular flexibility index (Phi) is 5.43. The van der Waals surface area contributed by atoms with Crippen LogP contribution in [0.3, 0.4) is 0 Å². The van der Waals surface area contributed by atoms with E-state index < -0.39 is 0 Å². The number of carbonyl (C=O) groups excluding carboxylic acids is 1. The van der Waals surface area contributed by atoms with Crippen molar-refractivity contribution < 1.29 is 9.53 Å². The number of esters is 1. The quantitative estimate of drug-likeness (QED) is 0.590. The fraction of sp³-hybridized carbons (Fsp3) is 0.700. The van der Waals surface area contributed by atoms with Gasteiger partial charge in [-0.15, -0.1) is 10.2 Å². The van der Waals surface area contributed by atoms with Crippen molar-refractivity contribution in [3.8, 4) is 0 Å². The second-order valence-electron chi connectivity index (χ2n) is 3.93. The van der Waals surface area contributed by atoms with E-state index in [-0.39, 0.29) is 18.1 Å². The third-order valence-electron chi connectivity index (χ3n) is 2.07. The minimum atomic E-state index is -0.332. The molecule has 7 heteroatoms. The molecule has 0 spiro atoms. The first-order valence-corrected chi connectivity index (χ1v) is 6.33. The van der Waals surface area contributed by atoms with Crippen molar-refractivity contribution in [2.24, 2.45) is 7.05 Å². The summed E-state index contributed by atoms with van der Waals surface area (Å²) < 4.78 is 6.57. The summed E-state index contributed by atoms with van der Waals surface area (Å²) in [7, 11) is 3.26. The van der Waals surface area contributed by atoms with Crippen LogP contribution in [0.1, 0.15) is 13.8 Å². The Morgan fingerprint density at radius 3 is 2.82 bits per heavy atom. The molecule has 0 saturated heterocycles. The van der Waals surface area contributed by atoms with Gasteiger partial charge < -0.3 is 14.6 Å². The number of nitrogens with zero attached hydrogens (tertiary/aromatic N) is 3. The molecule has 0 amide bonds. The third-order valence-corrected chi connectivity index (χ3v) is 3.20. The second-order valence-corrected chi connectivity index (χ2v) is 4.92.